The predicted molar refractivity (Wildman–Crippen MR) is 70.0 cm³/mol. The van der Waals surface area contributed by atoms with Gasteiger partial charge in [0.1, 0.15) is 11.6 Å². The van der Waals surface area contributed by atoms with Gasteiger partial charge in [0.2, 0.25) is 0 Å². The van der Waals surface area contributed by atoms with Crippen LogP contribution in [-0.4, -0.2) is 18.3 Å². The zero-order valence-corrected chi connectivity index (χ0v) is 11.2. The van der Waals surface area contributed by atoms with Crippen LogP contribution in [-0.2, 0) is 0 Å². The molecule has 0 saturated carbocycles. The Labute approximate surface area is 108 Å². The van der Waals surface area contributed by atoms with Crippen LogP contribution in [0.25, 0.3) is 0 Å². The number of nitrogens with two attached hydrogens (primary N) is 1. The topological polar surface area (TPSA) is 55.5 Å². The number of hydrogen-bond donors (Lipinski definition) is 2. The summed E-state index contributed by atoms with van der Waals surface area (Å²) < 4.78 is 18.2. The van der Waals surface area contributed by atoms with Crippen molar-refractivity contribution in [3.8, 4) is 5.75 Å². The van der Waals surface area contributed by atoms with E-state index < -0.39 is 12.1 Å². The summed E-state index contributed by atoms with van der Waals surface area (Å²) in [5.74, 6) is 0.521. The second kappa shape index (κ2) is 6.71. The molecule has 0 saturated heterocycles. The van der Waals surface area contributed by atoms with Gasteiger partial charge >= 0.3 is 0 Å². The van der Waals surface area contributed by atoms with Gasteiger partial charge in [0, 0.05) is 11.6 Å². The highest BCUT2D eigenvalue weighted by molar-refractivity contribution is 5.36. The van der Waals surface area contributed by atoms with Gasteiger partial charge in [-0.25, -0.2) is 4.39 Å². The van der Waals surface area contributed by atoms with Crippen LogP contribution < -0.4 is 10.5 Å². The van der Waals surface area contributed by atoms with E-state index in [-0.39, 0.29) is 5.82 Å². The fourth-order valence-corrected chi connectivity index (χ4v) is 1.85. The molecule has 1 aromatic carbocycles. The smallest absolute Gasteiger partial charge is 0.126 e. The van der Waals surface area contributed by atoms with Crippen molar-refractivity contribution < 1.29 is 14.2 Å². The highest BCUT2D eigenvalue weighted by Crippen LogP contribution is 2.28. The van der Waals surface area contributed by atoms with Gasteiger partial charge < -0.3 is 15.6 Å². The molecule has 1 aromatic rings. The summed E-state index contributed by atoms with van der Waals surface area (Å²) in [5.41, 5.74) is 6.63. The lowest BCUT2D eigenvalue weighted by molar-refractivity contribution is 0.127. The molecular weight excluding hydrogens is 233 g/mol. The molecule has 0 aliphatic carbocycles. The second-order valence-electron chi connectivity index (χ2n) is 4.95. The molecule has 0 radical (unpaired) electrons. The summed E-state index contributed by atoms with van der Waals surface area (Å²) >= 11 is 0. The molecular formula is C14H22FNO2. The standard InChI is InChI=1S/C14H22FNO2/c1-9(2)4-7-12(17)14(16)11-6-5-10(15)8-13(11)18-3/h5-6,8-9,12,14,17H,4,7,16H2,1-3H3/t12-,14+/m1/s1. The number of rotatable bonds is 6. The summed E-state index contributed by atoms with van der Waals surface area (Å²) in [4.78, 5) is 0. The molecule has 0 unspecified atom stereocenters. The molecule has 0 heterocycles. The molecule has 2 atom stereocenters. The van der Waals surface area contributed by atoms with Gasteiger partial charge in [-0.05, 0) is 24.8 Å². The number of benzene rings is 1. The number of aliphatic hydroxyl groups excluding tert-OH is 1. The van der Waals surface area contributed by atoms with Crippen LogP contribution in [0.3, 0.4) is 0 Å². The van der Waals surface area contributed by atoms with E-state index in [1.807, 2.05) is 0 Å². The zero-order chi connectivity index (χ0) is 13.7. The quantitative estimate of drug-likeness (QED) is 0.821. The molecule has 0 bridgehead atoms. The van der Waals surface area contributed by atoms with Crippen molar-refractivity contribution in [3.63, 3.8) is 0 Å². The third kappa shape index (κ3) is 3.96. The van der Waals surface area contributed by atoms with Crippen LogP contribution in [0, 0.1) is 11.7 Å². The van der Waals surface area contributed by atoms with Gasteiger partial charge in [0.25, 0.3) is 0 Å². The Balaban J connectivity index is 2.79. The monoisotopic (exact) mass is 255 g/mol. The number of aliphatic hydroxyl groups is 1. The first kappa shape index (κ1) is 14.9. The van der Waals surface area contributed by atoms with Gasteiger partial charge in [0.15, 0.2) is 0 Å². The lowest BCUT2D eigenvalue weighted by atomic mass is 9.95. The number of halogens is 1. The average molecular weight is 255 g/mol. The Bertz CT molecular complexity index is 382. The van der Waals surface area contributed by atoms with E-state index in [4.69, 9.17) is 10.5 Å². The summed E-state index contributed by atoms with van der Waals surface area (Å²) in [6, 6.07) is 3.62. The minimum absolute atomic E-state index is 0.375. The van der Waals surface area contributed by atoms with Crippen molar-refractivity contribution in [2.45, 2.75) is 38.8 Å². The SMILES string of the molecule is COc1cc(F)ccc1[C@H](N)[C@H](O)CCC(C)C. The summed E-state index contributed by atoms with van der Waals surface area (Å²) in [7, 11) is 1.46. The van der Waals surface area contributed by atoms with E-state index in [1.54, 1.807) is 6.07 Å². The Kier molecular flexibility index (Phi) is 5.56. The highest BCUT2D eigenvalue weighted by Gasteiger charge is 2.20. The fraction of sp³-hybridized carbons (Fsp3) is 0.571. The molecule has 102 valence electrons. The maximum atomic E-state index is 13.1. The van der Waals surface area contributed by atoms with E-state index >= 15 is 0 Å². The third-order valence-electron chi connectivity index (χ3n) is 3.01. The van der Waals surface area contributed by atoms with Gasteiger partial charge in [-0.15, -0.1) is 0 Å². The molecule has 0 spiro atoms. The van der Waals surface area contributed by atoms with Crippen molar-refractivity contribution in [2.75, 3.05) is 7.11 Å². The van der Waals surface area contributed by atoms with Crippen molar-refractivity contribution in [2.24, 2.45) is 11.7 Å². The lowest BCUT2D eigenvalue weighted by Crippen LogP contribution is -2.27. The Morgan fingerprint density at radius 3 is 2.56 bits per heavy atom. The third-order valence-corrected chi connectivity index (χ3v) is 3.01. The molecule has 0 aromatic heterocycles. The van der Waals surface area contributed by atoms with Crippen LogP contribution in [0.15, 0.2) is 18.2 Å². The molecule has 1 rings (SSSR count). The van der Waals surface area contributed by atoms with Crippen LogP contribution >= 0.6 is 0 Å². The van der Waals surface area contributed by atoms with Gasteiger partial charge in [-0.2, -0.15) is 0 Å². The first-order valence-electron chi connectivity index (χ1n) is 6.22. The Morgan fingerprint density at radius 2 is 2.00 bits per heavy atom. The molecule has 18 heavy (non-hydrogen) atoms. The van der Waals surface area contributed by atoms with E-state index in [1.165, 1.54) is 19.2 Å². The molecule has 3 N–H and O–H groups in total. The summed E-state index contributed by atoms with van der Waals surface area (Å²) in [5, 5.41) is 10.0. The number of hydrogen-bond acceptors (Lipinski definition) is 3. The molecule has 0 fully saturated rings. The summed E-state index contributed by atoms with van der Waals surface area (Å²) in [6.07, 6.45) is 0.879. The molecule has 0 aliphatic rings. The van der Waals surface area contributed by atoms with Gasteiger partial charge in [0.05, 0.1) is 19.3 Å². The van der Waals surface area contributed by atoms with Crippen molar-refractivity contribution >= 4 is 0 Å². The highest BCUT2D eigenvalue weighted by atomic mass is 19.1. The number of ether oxygens (including phenoxy) is 1. The van der Waals surface area contributed by atoms with Crippen LogP contribution in [0.4, 0.5) is 4.39 Å². The first-order valence-corrected chi connectivity index (χ1v) is 6.22. The normalized spacial score (nSPS) is 14.6. The minimum Gasteiger partial charge on any atom is -0.496 e. The largest absolute Gasteiger partial charge is 0.496 e. The predicted octanol–water partition coefficient (Wildman–Crippen LogP) is 2.63. The van der Waals surface area contributed by atoms with E-state index in [2.05, 4.69) is 13.8 Å². The second-order valence-corrected chi connectivity index (χ2v) is 4.95. The van der Waals surface area contributed by atoms with Gasteiger partial charge in [-0.1, -0.05) is 19.9 Å². The summed E-state index contributed by atoms with van der Waals surface area (Å²) in [6.45, 7) is 4.19. The van der Waals surface area contributed by atoms with Crippen molar-refractivity contribution in [1.29, 1.82) is 0 Å². The van der Waals surface area contributed by atoms with Crippen molar-refractivity contribution in [3.05, 3.63) is 29.6 Å². The van der Waals surface area contributed by atoms with Crippen LogP contribution in [0.1, 0.15) is 38.3 Å². The van der Waals surface area contributed by atoms with E-state index in [0.717, 1.165) is 6.42 Å². The molecule has 0 aliphatic heterocycles. The lowest BCUT2D eigenvalue weighted by Gasteiger charge is -2.21. The van der Waals surface area contributed by atoms with E-state index in [9.17, 15) is 9.50 Å². The molecule has 3 nitrogen and oxygen atoms in total. The van der Waals surface area contributed by atoms with E-state index in [0.29, 0.717) is 23.7 Å². The Morgan fingerprint density at radius 1 is 1.33 bits per heavy atom. The molecule has 0 amide bonds. The zero-order valence-electron chi connectivity index (χ0n) is 11.2. The number of methoxy groups -OCH3 is 1. The van der Waals surface area contributed by atoms with Gasteiger partial charge in [-0.3, -0.25) is 0 Å². The van der Waals surface area contributed by atoms with Crippen LogP contribution in [0.2, 0.25) is 0 Å². The first-order chi connectivity index (χ1) is 8.45. The maximum absolute atomic E-state index is 13.1. The Hall–Kier alpha value is -1.13. The van der Waals surface area contributed by atoms with Crippen molar-refractivity contribution in [1.82, 2.24) is 0 Å². The maximum Gasteiger partial charge on any atom is 0.126 e. The van der Waals surface area contributed by atoms with Crippen LogP contribution in [0.5, 0.6) is 5.75 Å². The fourth-order valence-electron chi connectivity index (χ4n) is 1.85. The minimum atomic E-state index is -0.647. The average Bonchev–Trinajstić information content (AvgIpc) is 2.34. The molecule has 4 heteroatoms.